The van der Waals surface area contributed by atoms with Crippen molar-refractivity contribution in [1.82, 2.24) is 0 Å². The number of ether oxygens (including phenoxy) is 2. The van der Waals surface area contributed by atoms with Crippen molar-refractivity contribution in [2.45, 2.75) is 13.0 Å². The van der Waals surface area contributed by atoms with Crippen LogP contribution in [0, 0.1) is 0 Å². The molecule has 0 bridgehead atoms. The molecule has 0 saturated heterocycles. The number of hydrogen-bond acceptors (Lipinski definition) is 4. The van der Waals surface area contributed by atoms with Gasteiger partial charge in [-0.1, -0.05) is 12.1 Å². The van der Waals surface area contributed by atoms with Gasteiger partial charge in [-0.25, -0.2) is 8.42 Å². The fourth-order valence-electron chi connectivity index (χ4n) is 1.63. The molecule has 0 radical (unpaired) electrons. The zero-order valence-electron chi connectivity index (χ0n) is 8.48. The molecule has 0 atom stereocenters. The van der Waals surface area contributed by atoms with E-state index in [9.17, 15) is 8.42 Å². The second-order valence-corrected chi connectivity index (χ2v) is 6.39. The molecule has 6 heteroatoms. The van der Waals surface area contributed by atoms with Gasteiger partial charge in [-0.3, -0.25) is 0 Å². The molecule has 4 nitrogen and oxygen atoms in total. The van der Waals surface area contributed by atoms with Crippen LogP contribution in [0.1, 0.15) is 11.1 Å². The van der Waals surface area contributed by atoms with Gasteiger partial charge >= 0.3 is 0 Å². The van der Waals surface area contributed by atoms with Crippen LogP contribution in [0.2, 0.25) is 0 Å². The molecule has 88 valence electrons. The van der Waals surface area contributed by atoms with Gasteiger partial charge in [-0.05, 0) is 18.1 Å². The highest BCUT2D eigenvalue weighted by molar-refractivity contribution is 8.13. The monoisotopic (exact) mass is 262 g/mol. The first-order valence-electron chi connectivity index (χ1n) is 4.80. The van der Waals surface area contributed by atoms with Crippen LogP contribution in [0.4, 0.5) is 0 Å². The molecule has 2 rings (SSSR count). The summed E-state index contributed by atoms with van der Waals surface area (Å²) in [6.45, 7) is 0.693. The lowest BCUT2D eigenvalue weighted by Crippen LogP contribution is -2.14. The smallest absolute Gasteiger partial charge is 0.232 e. The minimum Gasteiger partial charge on any atom is -0.467 e. The zero-order valence-corrected chi connectivity index (χ0v) is 10.1. The third kappa shape index (κ3) is 2.87. The van der Waals surface area contributed by atoms with Crippen LogP contribution in [0.3, 0.4) is 0 Å². The van der Waals surface area contributed by atoms with Crippen molar-refractivity contribution in [1.29, 1.82) is 0 Å². The lowest BCUT2D eigenvalue weighted by molar-refractivity contribution is -0.0168. The van der Waals surface area contributed by atoms with Crippen LogP contribution in [0.5, 0.6) is 5.75 Å². The Bertz CT molecular complexity index is 484. The Morgan fingerprint density at radius 1 is 1.38 bits per heavy atom. The average Bonchev–Trinajstić information content (AvgIpc) is 2.25. The van der Waals surface area contributed by atoms with Crippen LogP contribution < -0.4 is 4.74 Å². The summed E-state index contributed by atoms with van der Waals surface area (Å²) >= 11 is 0. The summed E-state index contributed by atoms with van der Waals surface area (Å²) in [5, 5.41) is 0. The number of halogens is 1. The van der Waals surface area contributed by atoms with E-state index in [1.165, 1.54) is 0 Å². The van der Waals surface area contributed by atoms with Crippen molar-refractivity contribution in [3.63, 3.8) is 0 Å². The van der Waals surface area contributed by atoms with Gasteiger partial charge in [0, 0.05) is 16.2 Å². The molecule has 1 heterocycles. The van der Waals surface area contributed by atoms with Crippen molar-refractivity contribution in [2.24, 2.45) is 0 Å². The number of fused-ring (bicyclic) bond motifs is 1. The normalized spacial score (nSPS) is 15.3. The highest BCUT2D eigenvalue weighted by Crippen LogP contribution is 2.27. The van der Waals surface area contributed by atoms with Crippen LogP contribution in [-0.2, 0) is 26.8 Å². The summed E-state index contributed by atoms with van der Waals surface area (Å²) in [7, 11) is 1.72. The summed E-state index contributed by atoms with van der Waals surface area (Å²) in [5.41, 5.74) is 1.82. The molecule has 0 aromatic heterocycles. The molecular weight excluding hydrogens is 252 g/mol. The van der Waals surface area contributed by atoms with Crippen LogP contribution in [0.15, 0.2) is 18.2 Å². The standard InChI is InChI=1S/C10H11ClO4S/c11-16(12,13)5-4-8-2-1-3-10-9(8)6-14-7-15-10/h1-3H,4-7H2. The van der Waals surface area contributed by atoms with Gasteiger partial charge < -0.3 is 9.47 Å². The highest BCUT2D eigenvalue weighted by Gasteiger charge is 2.15. The fraction of sp³-hybridized carbons (Fsp3) is 0.400. The Kier molecular flexibility index (Phi) is 3.37. The fourth-order valence-corrected chi connectivity index (χ4v) is 2.32. The van der Waals surface area contributed by atoms with Gasteiger partial charge in [0.1, 0.15) is 5.75 Å². The molecule has 1 aromatic carbocycles. The molecular formula is C10H11ClO4S. The lowest BCUT2D eigenvalue weighted by atomic mass is 10.0. The maximum Gasteiger partial charge on any atom is 0.232 e. The predicted octanol–water partition coefficient (Wildman–Crippen LogP) is 1.66. The van der Waals surface area contributed by atoms with Gasteiger partial charge in [0.05, 0.1) is 12.4 Å². The van der Waals surface area contributed by atoms with Gasteiger partial charge in [0.25, 0.3) is 0 Å². The van der Waals surface area contributed by atoms with Crippen molar-refractivity contribution >= 4 is 19.7 Å². The number of aryl methyl sites for hydroxylation is 1. The van der Waals surface area contributed by atoms with Crippen molar-refractivity contribution in [3.05, 3.63) is 29.3 Å². The van der Waals surface area contributed by atoms with Crippen LogP contribution in [0.25, 0.3) is 0 Å². The molecule has 1 aliphatic rings. The molecule has 1 aromatic rings. The predicted molar refractivity (Wildman–Crippen MR) is 60.1 cm³/mol. The summed E-state index contributed by atoms with van der Waals surface area (Å²) in [6.07, 6.45) is 0.377. The average molecular weight is 263 g/mol. The zero-order chi connectivity index (χ0) is 11.6. The minimum absolute atomic E-state index is 0.0784. The van der Waals surface area contributed by atoms with E-state index in [1.54, 1.807) is 0 Å². The molecule has 0 fully saturated rings. The molecule has 0 N–H and O–H groups in total. The van der Waals surface area contributed by atoms with E-state index in [2.05, 4.69) is 0 Å². The summed E-state index contributed by atoms with van der Waals surface area (Å²) in [4.78, 5) is 0. The number of rotatable bonds is 3. The Morgan fingerprint density at radius 3 is 2.94 bits per heavy atom. The van der Waals surface area contributed by atoms with E-state index in [0.717, 1.165) is 16.9 Å². The third-order valence-corrected chi connectivity index (χ3v) is 3.54. The lowest BCUT2D eigenvalue weighted by Gasteiger charge is -2.20. The highest BCUT2D eigenvalue weighted by atomic mass is 35.7. The molecule has 1 aliphatic heterocycles. The molecule has 0 spiro atoms. The number of benzene rings is 1. The summed E-state index contributed by atoms with van der Waals surface area (Å²) < 4.78 is 32.2. The van der Waals surface area contributed by atoms with E-state index in [0.29, 0.717) is 13.0 Å². The van der Waals surface area contributed by atoms with Crippen LogP contribution in [-0.4, -0.2) is 21.0 Å². The van der Waals surface area contributed by atoms with Gasteiger partial charge in [0.2, 0.25) is 9.05 Å². The van der Waals surface area contributed by atoms with E-state index in [-0.39, 0.29) is 12.5 Å². The first kappa shape index (κ1) is 11.7. The Balaban J connectivity index is 2.21. The minimum atomic E-state index is -3.46. The Morgan fingerprint density at radius 2 is 2.19 bits per heavy atom. The summed E-state index contributed by atoms with van der Waals surface area (Å²) in [5.74, 6) is 0.682. The molecule has 0 saturated carbocycles. The first-order valence-corrected chi connectivity index (χ1v) is 7.28. The third-order valence-electron chi connectivity index (χ3n) is 2.39. The molecule has 16 heavy (non-hydrogen) atoms. The number of hydrogen-bond donors (Lipinski definition) is 0. The SMILES string of the molecule is O=S(=O)(Cl)CCc1cccc2c1COCO2. The molecule has 0 aliphatic carbocycles. The largest absolute Gasteiger partial charge is 0.467 e. The first-order chi connectivity index (χ1) is 7.56. The van der Waals surface area contributed by atoms with Gasteiger partial charge in [-0.2, -0.15) is 0 Å². The second-order valence-electron chi connectivity index (χ2n) is 3.50. The molecule has 0 amide bonds. The van der Waals surface area contributed by atoms with E-state index in [1.807, 2.05) is 18.2 Å². The second kappa shape index (κ2) is 4.61. The van der Waals surface area contributed by atoms with Gasteiger partial charge in [-0.15, -0.1) is 0 Å². The van der Waals surface area contributed by atoms with Crippen molar-refractivity contribution in [2.75, 3.05) is 12.5 Å². The van der Waals surface area contributed by atoms with E-state index >= 15 is 0 Å². The Labute approximate surface area is 98.5 Å². The van der Waals surface area contributed by atoms with E-state index in [4.69, 9.17) is 20.2 Å². The van der Waals surface area contributed by atoms with E-state index < -0.39 is 9.05 Å². The van der Waals surface area contributed by atoms with Crippen molar-refractivity contribution in [3.8, 4) is 5.75 Å². The molecule has 0 unspecified atom stereocenters. The summed E-state index contributed by atoms with van der Waals surface area (Å²) in [6, 6.07) is 5.54. The topological polar surface area (TPSA) is 52.6 Å². The maximum atomic E-state index is 10.9. The quantitative estimate of drug-likeness (QED) is 0.778. The Hall–Kier alpha value is -0.780. The van der Waals surface area contributed by atoms with Gasteiger partial charge in [0.15, 0.2) is 6.79 Å². The maximum absolute atomic E-state index is 10.9. The van der Waals surface area contributed by atoms with Crippen LogP contribution >= 0.6 is 10.7 Å². The van der Waals surface area contributed by atoms with Crippen molar-refractivity contribution < 1.29 is 17.9 Å².